The summed E-state index contributed by atoms with van der Waals surface area (Å²) in [5.74, 6) is 0. The first-order valence-corrected chi connectivity index (χ1v) is 10.5. The lowest BCUT2D eigenvalue weighted by Crippen LogP contribution is -2.08. The SMILES string of the molecule is Cc1cc(C)c(-c2cccc3nc4c(cc23)CCc2c(C)cc(C)cc2-4)c(C)c1. The average Bonchev–Trinajstić information content (AvgIpc) is 2.66. The maximum Gasteiger partial charge on any atom is 0.0744 e. The van der Waals surface area contributed by atoms with Gasteiger partial charge in [0.05, 0.1) is 11.2 Å². The third-order valence-corrected chi connectivity index (χ3v) is 6.40. The summed E-state index contributed by atoms with van der Waals surface area (Å²) in [6, 6.07) is 18.2. The molecule has 144 valence electrons. The Morgan fingerprint density at radius 2 is 1.38 bits per heavy atom. The van der Waals surface area contributed by atoms with Gasteiger partial charge in [0, 0.05) is 10.9 Å². The molecular formula is C28H27N. The third-order valence-electron chi connectivity index (χ3n) is 6.40. The van der Waals surface area contributed by atoms with E-state index in [0.29, 0.717) is 0 Å². The normalized spacial score (nSPS) is 12.7. The Morgan fingerprint density at radius 3 is 2.14 bits per heavy atom. The van der Waals surface area contributed by atoms with Crippen LogP contribution in [0.3, 0.4) is 0 Å². The Morgan fingerprint density at radius 1 is 0.690 bits per heavy atom. The summed E-state index contributed by atoms with van der Waals surface area (Å²) in [6.45, 7) is 11.0. The standard InChI is InChI=1S/C28H27N/c1-16-12-19(4)27(20(5)13-16)23-7-6-8-26-24(23)15-21-9-10-22-18(3)11-17(2)14-25(22)28(21)29-26/h6-8,11-15H,9-10H2,1-5H3. The fourth-order valence-electron chi connectivity index (χ4n) is 5.28. The highest BCUT2D eigenvalue weighted by molar-refractivity contribution is 5.98. The highest BCUT2D eigenvalue weighted by Crippen LogP contribution is 2.39. The van der Waals surface area contributed by atoms with Gasteiger partial charge in [-0.3, -0.25) is 0 Å². The lowest BCUT2D eigenvalue weighted by atomic mass is 9.84. The van der Waals surface area contributed by atoms with Crippen LogP contribution < -0.4 is 0 Å². The molecule has 1 aliphatic rings. The fraction of sp³-hybridized carbons (Fsp3) is 0.250. The maximum atomic E-state index is 5.20. The van der Waals surface area contributed by atoms with Gasteiger partial charge in [0.25, 0.3) is 0 Å². The van der Waals surface area contributed by atoms with Crippen LogP contribution in [0.25, 0.3) is 33.3 Å². The molecule has 1 heteroatoms. The molecular weight excluding hydrogens is 350 g/mol. The van der Waals surface area contributed by atoms with Crippen LogP contribution in [0.15, 0.2) is 48.5 Å². The number of aryl methyl sites for hydroxylation is 6. The second-order valence-corrected chi connectivity index (χ2v) is 8.75. The Hall–Kier alpha value is -2.93. The van der Waals surface area contributed by atoms with E-state index in [1.54, 1.807) is 0 Å². The van der Waals surface area contributed by atoms with Crippen LogP contribution in [0, 0.1) is 34.6 Å². The molecule has 0 bridgehead atoms. The second kappa shape index (κ2) is 6.56. The van der Waals surface area contributed by atoms with Gasteiger partial charge in [0.2, 0.25) is 0 Å². The van der Waals surface area contributed by atoms with Gasteiger partial charge in [-0.25, -0.2) is 4.98 Å². The van der Waals surface area contributed by atoms with E-state index >= 15 is 0 Å². The molecule has 29 heavy (non-hydrogen) atoms. The van der Waals surface area contributed by atoms with E-state index in [4.69, 9.17) is 4.98 Å². The number of hydrogen-bond acceptors (Lipinski definition) is 1. The van der Waals surface area contributed by atoms with Gasteiger partial charge in [-0.2, -0.15) is 0 Å². The average molecular weight is 378 g/mol. The van der Waals surface area contributed by atoms with Crippen molar-refractivity contribution in [3.63, 3.8) is 0 Å². The maximum absolute atomic E-state index is 5.20. The van der Waals surface area contributed by atoms with Crippen LogP contribution in [-0.2, 0) is 12.8 Å². The van der Waals surface area contributed by atoms with E-state index in [-0.39, 0.29) is 0 Å². The van der Waals surface area contributed by atoms with Crippen molar-refractivity contribution >= 4 is 10.9 Å². The van der Waals surface area contributed by atoms with Gasteiger partial charge in [-0.1, -0.05) is 41.5 Å². The van der Waals surface area contributed by atoms with Crippen molar-refractivity contribution in [3.8, 4) is 22.4 Å². The zero-order valence-corrected chi connectivity index (χ0v) is 18.0. The van der Waals surface area contributed by atoms with Crippen molar-refractivity contribution in [1.82, 2.24) is 4.98 Å². The van der Waals surface area contributed by atoms with Gasteiger partial charge in [-0.15, -0.1) is 0 Å². The van der Waals surface area contributed by atoms with Crippen LogP contribution in [-0.4, -0.2) is 4.98 Å². The molecule has 0 spiro atoms. The summed E-state index contributed by atoms with van der Waals surface area (Å²) >= 11 is 0. The van der Waals surface area contributed by atoms with Crippen LogP contribution in [0.1, 0.15) is 38.9 Å². The Kier molecular flexibility index (Phi) is 4.10. The molecule has 0 radical (unpaired) electrons. The molecule has 1 aliphatic carbocycles. The summed E-state index contributed by atoms with van der Waals surface area (Å²) < 4.78 is 0. The van der Waals surface area contributed by atoms with Crippen molar-refractivity contribution in [2.45, 2.75) is 47.5 Å². The number of benzene rings is 3. The van der Waals surface area contributed by atoms with Crippen LogP contribution >= 0.6 is 0 Å². The van der Waals surface area contributed by atoms with Crippen LogP contribution in [0.4, 0.5) is 0 Å². The monoisotopic (exact) mass is 377 g/mol. The van der Waals surface area contributed by atoms with Crippen molar-refractivity contribution in [1.29, 1.82) is 0 Å². The Labute approximate surface area is 173 Å². The molecule has 4 aromatic rings. The van der Waals surface area contributed by atoms with E-state index < -0.39 is 0 Å². The zero-order chi connectivity index (χ0) is 20.3. The zero-order valence-electron chi connectivity index (χ0n) is 18.0. The molecule has 0 saturated heterocycles. The molecule has 3 aromatic carbocycles. The Balaban J connectivity index is 1.79. The first kappa shape index (κ1) is 18.1. The summed E-state index contributed by atoms with van der Waals surface area (Å²) in [4.78, 5) is 5.20. The minimum absolute atomic E-state index is 1.06. The molecule has 0 fully saturated rings. The van der Waals surface area contributed by atoms with E-state index in [9.17, 15) is 0 Å². The lowest BCUT2D eigenvalue weighted by molar-refractivity contribution is 0.921. The van der Waals surface area contributed by atoms with E-state index in [1.807, 2.05) is 0 Å². The molecule has 0 unspecified atom stereocenters. The topological polar surface area (TPSA) is 12.9 Å². The van der Waals surface area contributed by atoms with E-state index in [1.165, 1.54) is 66.7 Å². The third kappa shape index (κ3) is 2.88. The van der Waals surface area contributed by atoms with Crippen LogP contribution in [0.5, 0.6) is 0 Å². The van der Waals surface area contributed by atoms with Crippen molar-refractivity contribution in [2.75, 3.05) is 0 Å². The van der Waals surface area contributed by atoms with Crippen molar-refractivity contribution in [2.24, 2.45) is 0 Å². The summed E-state index contributed by atoms with van der Waals surface area (Å²) in [6.07, 6.45) is 2.17. The van der Waals surface area contributed by atoms with Crippen molar-refractivity contribution < 1.29 is 0 Å². The molecule has 0 atom stereocenters. The summed E-state index contributed by atoms with van der Waals surface area (Å²) in [5.41, 5.74) is 15.8. The van der Waals surface area contributed by atoms with E-state index in [0.717, 1.165) is 18.4 Å². The molecule has 5 rings (SSSR count). The van der Waals surface area contributed by atoms with Gasteiger partial charge in [-0.05, 0) is 105 Å². The predicted molar refractivity (Wildman–Crippen MR) is 124 cm³/mol. The quantitative estimate of drug-likeness (QED) is 0.341. The highest BCUT2D eigenvalue weighted by atomic mass is 14.7. The fourth-order valence-corrected chi connectivity index (χ4v) is 5.28. The molecule has 1 nitrogen and oxygen atoms in total. The number of nitrogens with zero attached hydrogens (tertiary/aromatic N) is 1. The predicted octanol–water partition coefficient (Wildman–Crippen LogP) is 7.21. The van der Waals surface area contributed by atoms with Gasteiger partial charge in [0.15, 0.2) is 0 Å². The Bertz CT molecular complexity index is 1270. The number of pyridine rings is 1. The van der Waals surface area contributed by atoms with Crippen molar-refractivity contribution in [3.05, 3.63) is 87.5 Å². The molecule has 1 heterocycles. The lowest BCUT2D eigenvalue weighted by Gasteiger charge is -2.23. The molecule has 0 N–H and O–H groups in total. The molecule has 1 aromatic heterocycles. The minimum atomic E-state index is 1.06. The number of hydrogen-bond donors (Lipinski definition) is 0. The summed E-state index contributed by atoms with van der Waals surface area (Å²) in [7, 11) is 0. The van der Waals surface area contributed by atoms with Gasteiger partial charge < -0.3 is 0 Å². The van der Waals surface area contributed by atoms with E-state index in [2.05, 4.69) is 83.1 Å². The first-order chi connectivity index (χ1) is 13.9. The number of rotatable bonds is 1. The first-order valence-electron chi connectivity index (χ1n) is 10.5. The molecule has 0 aliphatic heterocycles. The summed E-state index contributed by atoms with van der Waals surface area (Å²) in [5, 5.41) is 1.27. The minimum Gasteiger partial charge on any atom is -0.247 e. The van der Waals surface area contributed by atoms with Crippen LogP contribution in [0.2, 0.25) is 0 Å². The second-order valence-electron chi connectivity index (χ2n) is 8.75. The number of aromatic nitrogens is 1. The number of fused-ring (bicyclic) bond motifs is 4. The highest BCUT2D eigenvalue weighted by Gasteiger charge is 2.21. The van der Waals surface area contributed by atoms with Gasteiger partial charge in [0.1, 0.15) is 0 Å². The smallest absolute Gasteiger partial charge is 0.0744 e. The molecule has 0 saturated carbocycles. The largest absolute Gasteiger partial charge is 0.247 e. The van der Waals surface area contributed by atoms with Gasteiger partial charge >= 0.3 is 0 Å². The molecule has 0 amide bonds.